The lowest BCUT2D eigenvalue weighted by Gasteiger charge is -2.26. The standard InChI is InChI=1S/C31H28N4O2S2/c1-21-8-5-6-13-25(21)30(37)33-23-11-7-12-24(16-23)38-20-29(36)34-31-27(17-32)26-14-15-35(19-28(26)39-31)18-22-9-3-2-4-10-22/h2-13,16H,14-15,18-20H2,1H3,(H,33,37)(H,34,36). The molecule has 0 fully saturated rings. The lowest BCUT2D eigenvalue weighted by Crippen LogP contribution is -2.29. The van der Waals surface area contributed by atoms with Crippen molar-refractivity contribution in [2.45, 2.75) is 31.3 Å². The zero-order valence-electron chi connectivity index (χ0n) is 21.6. The largest absolute Gasteiger partial charge is 0.322 e. The van der Waals surface area contributed by atoms with Crippen LogP contribution in [0.5, 0.6) is 0 Å². The first-order chi connectivity index (χ1) is 19.0. The van der Waals surface area contributed by atoms with Gasteiger partial charge in [-0.15, -0.1) is 23.1 Å². The molecule has 0 atom stereocenters. The van der Waals surface area contributed by atoms with Gasteiger partial charge >= 0.3 is 0 Å². The minimum atomic E-state index is -0.166. The Balaban J connectivity index is 1.19. The molecule has 2 N–H and O–H groups in total. The molecule has 8 heteroatoms. The number of amides is 2. The molecule has 0 radical (unpaired) electrons. The third-order valence-corrected chi connectivity index (χ3v) is 8.73. The highest BCUT2D eigenvalue weighted by atomic mass is 32.2. The minimum Gasteiger partial charge on any atom is -0.322 e. The van der Waals surface area contributed by atoms with E-state index in [0.29, 0.717) is 21.8 Å². The number of anilines is 2. The van der Waals surface area contributed by atoms with Crippen LogP contribution >= 0.6 is 23.1 Å². The SMILES string of the molecule is Cc1ccccc1C(=O)Nc1cccc(SCC(=O)Nc2sc3c(c2C#N)CCN(Cc2ccccc2)C3)c1. The van der Waals surface area contributed by atoms with Crippen molar-refractivity contribution in [1.29, 1.82) is 5.26 Å². The number of rotatable bonds is 8. The number of thioether (sulfide) groups is 1. The summed E-state index contributed by atoms with van der Waals surface area (Å²) in [6, 6.07) is 27.6. The van der Waals surface area contributed by atoms with Crippen molar-refractivity contribution in [3.05, 3.63) is 112 Å². The molecule has 6 nitrogen and oxygen atoms in total. The van der Waals surface area contributed by atoms with Crippen LogP contribution in [-0.2, 0) is 24.3 Å². The van der Waals surface area contributed by atoms with Gasteiger partial charge < -0.3 is 10.6 Å². The molecule has 5 rings (SSSR count). The van der Waals surface area contributed by atoms with Crippen LogP contribution in [-0.4, -0.2) is 29.0 Å². The fourth-order valence-corrected chi connectivity index (χ4v) is 6.65. The second kappa shape index (κ2) is 12.3. The van der Waals surface area contributed by atoms with E-state index >= 15 is 0 Å². The van der Waals surface area contributed by atoms with E-state index < -0.39 is 0 Å². The molecular weight excluding hydrogens is 525 g/mol. The van der Waals surface area contributed by atoms with Gasteiger partial charge in [0, 0.05) is 40.7 Å². The molecule has 0 spiro atoms. The molecule has 0 unspecified atom stereocenters. The van der Waals surface area contributed by atoms with Crippen LogP contribution in [0.3, 0.4) is 0 Å². The molecule has 2 amide bonds. The van der Waals surface area contributed by atoms with E-state index in [2.05, 4.69) is 33.7 Å². The van der Waals surface area contributed by atoms with Crippen molar-refractivity contribution in [3.8, 4) is 6.07 Å². The van der Waals surface area contributed by atoms with Gasteiger partial charge in [0.25, 0.3) is 5.91 Å². The Bertz CT molecular complexity index is 1540. The maximum Gasteiger partial charge on any atom is 0.255 e. The molecule has 0 saturated carbocycles. The summed E-state index contributed by atoms with van der Waals surface area (Å²) in [6.07, 6.45) is 0.799. The first-order valence-electron chi connectivity index (χ1n) is 12.7. The molecule has 1 aliphatic heterocycles. The Morgan fingerprint density at radius 1 is 1.03 bits per heavy atom. The Labute approximate surface area is 236 Å². The van der Waals surface area contributed by atoms with Gasteiger partial charge in [-0.2, -0.15) is 5.26 Å². The normalized spacial score (nSPS) is 12.8. The van der Waals surface area contributed by atoms with Crippen LogP contribution < -0.4 is 10.6 Å². The fourth-order valence-electron chi connectivity index (χ4n) is 4.64. The summed E-state index contributed by atoms with van der Waals surface area (Å²) in [4.78, 5) is 29.9. The molecule has 2 heterocycles. The average molecular weight is 553 g/mol. The van der Waals surface area contributed by atoms with Crippen LogP contribution in [0.2, 0.25) is 0 Å². The number of hydrogen-bond acceptors (Lipinski definition) is 6. The van der Waals surface area contributed by atoms with Crippen molar-refractivity contribution in [2.24, 2.45) is 0 Å². The van der Waals surface area contributed by atoms with Gasteiger partial charge in [-0.1, -0.05) is 54.6 Å². The topological polar surface area (TPSA) is 85.2 Å². The Hall–Kier alpha value is -3.90. The Morgan fingerprint density at radius 3 is 2.62 bits per heavy atom. The van der Waals surface area contributed by atoms with Gasteiger partial charge in [0.1, 0.15) is 11.1 Å². The van der Waals surface area contributed by atoms with Crippen LogP contribution in [0.4, 0.5) is 10.7 Å². The van der Waals surface area contributed by atoms with E-state index in [-0.39, 0.29) is 17.6 Å². The lowest BCUT2D eigenvalue weighted by atomic mass is 10.0. The monoisotopic (exact) mass is 552 g/mol. The minimum absolute atomic E-state index is 0.161. The lowest BCUT2D eigenvalue weighted by molar-refractivity contribution is -0.113. The number of thiophene rings is 1. The zero-order chi connectivity index (χ0) is 27.2. The van der Waals surface area contributed by atoms with Gasteiger partial charge in [-0.3, -0.25) is 14.5 Å². The number of hydrogen-bond donors (Lipinski definition) is 2. The molecule has 4 aromatic rings. The number of carbonyl (C=O) groups is 2. The maximum atomic E-state index is 12.8. The van der Waals surface area contributed by atoms with Crippen molar-refractivity contribution in [2.75, 3.05) is 22.9 Å². The molecule has 1 aliphatic rings. The first kappa shape index (κ1) is 26.7. The van der Waals surface area contributed by atoms with Gasteiger partial charge in [-0.05, 0) is 54.3 Å². The number of carbonyl (C=O) groups excluding carboxylic acids is 2. The summed E-state index contributed by atoms with van der Waals surface area (Å²) in [5.41, 5.74) is 5.13. The molecule has 0 bridgehead atoms. The highest BCUT2D eigenvalue weighted by Gasteiger charge is 2.25. The number of nitrogens with zero attached hydrogens (tertiary/aromatic N) is 2. The summed E-state index contributed by atoms with van der Waals surface area (Å²) >= 11 is 2.89. The highest BCUT2D eigenvalue weighted by Crippen LogP contribution is 2.37. The Kier molecular flexibility index (Phi) is 8.42. The highest BCUT2D eigenvalue weighted by molar-refractivity contribution is 8.00. The number of aryl methyl sites for hydroxylation is 1. The average Bonchev–Trinajstić information content (AvgIpc) is 3.28. The quantitative estimate of drug-likeness (QED) is 0.245. The zero-order valence-corrected chi connectivity index (χ0v) is 23.2. The fraction of sp³-hybridized carbons (Fsp3) is 0.194. The van der Waals surface area contributed by atoms with E-state index in [4.69, 9.17) is 0 Å². The number of nitriles is 1. The van der Waals surface area contributed by atoms with Crippen molar-refractivity contribution >= 4 is 45.6 Å². The number of fused-ring (bicyclic) bond motifs is 1. The first-order valence-corrected chi connectivity index (χ1v) is 14.5. The van der Waals surface area contributed by atoms with E-state index in [9.17, 15) is 14.9 Å². The molecule has 196 valence electrons. The molecule has 1 aromatic heterocycles. The molecule has 0 saturated heterocycles. The van der Waals surface area contributed by atoms with Crippen LogP contribution in [0.15, 0.2) is 83.8 Å². The summed E-state index contributed by atoms with van der Waals surface area (Å²) in [5.74, 6) is -0.130. The summed E-state index contributed by atoms with van der Waals surface area (Å²) < 4.78 is 0. The van der Waals surface area contributed by atoms with Crippen molar-refractivity contribution in [1.82, 2.24) is 4.90 Å². The Morgan fingerprint density at radius 2 is 1.82 bits per heavy atom. The van der Waals surface area contributed by atoms with E-state index in [0.717, 1.165) is 47.0 Å². The predicted octanol–water partition coefficient (Wildman–Crippen LogP) is 6.47. The predicted molar refractivity (Wildman–Crippen MR) is 158 cm³/mol. The van der Waals surface area contributed by atoms with E-state index in [1.807, 2.05) is 67.6 Å². The summed E-state index contributed by atoms with van der Waals surface area (Å²) in [5, 5.41) is 16.4. The number of nitrogens with one attached hydrogen (secondary N) is 2. The molecule has 3 aromatic carbocycles. The summed E-state index contributed by atoms with van der Waals surface area (Å²) in [6.45, 7) is 4.42. The van der Waals surface area contributed by atoms with Gasteiger partial charge in [-0.25, -0.2) is 0 Å². The van der Waals surface area contributed by atoms with Crippen molar-refractivity contribution in [3.63, 3.8) is 0 Å². The van der Waals surface area contributed by atoms with E-state index in [1.54, 1.807) is 6.07 Å². The second-order valence-corrected chi connectivity index (χ2v) is 11.6. The van der Waals surface area contributed by atoms with Crippen LogP contribution in [0.1, 0.15) is 37.5 Å². The summed E-state index contributed by atoms with van der Waals surface area (Å²) in [7, 11) is 0. The number of benzene rings is 3. The van der Waals surface area contributed by atoms with Crippen LogP contribution in [0.25, 0.3) is 0 Å². The third kappa shape index (κ3) is 6.58. The second-order valence-electron chi connectivity index (χ2n) is 9.40. The van der Waals surface area contributed by atoms with E-state index in [1.165, 1.54) is 28.7 Å². The van der Waals surface area contributed by atoms with Gasteiger partial charge in [0.05, 0.1) is 11.3 Å². The van der Waals surface area contributed by atoms with Crippen molar-refractivity contribution < 1.29 is 9.59 Å². The molecule has 39 heavy (non-hydrogen) atoms. The third-order valence-electron chi connectivity index (χ3n) is 6.60. The van der Waals surface area contributed by atoms with Gasteiger partial charge in [0.15, 0.2) is 0 Å². The van der Waals surface area contributed by atoms with Gasteiger partial charge in [0.2, 0.25) is 5.91 Å². The smallest absolute Gasteiger partial charge is 0.255 e. The maximum absolute atomic E-state index is 12.8. The van der Waals surface area contributed by atoms with Crippen LogP contribution in [0, 0.1) is 18.3 Å². The molecule has 0 aliphatic carbocycles. The molecular formula is C31H28N4O2S2.